The van der Waals surface area contributed by atoms with Gasteiger partial charge in [0.2, 0.25) is 11.8 Å². The Hall–Kier alpha value is -1.59. The fourth-order valence-corrected chi connectivity index (χ4v) is 1.42. The molecule has 0 aromatic rings. The van der Waals surface area contributed by atoms with Crippen molar-refractivity contribution in [2.45, 2.75) is 19.4 Å². The van der Waals surface area contributed by atoms with Crippen LogP contribution < -0.4 is 5.73 Å². The maximum atomic E-state index is 11.3. The number of hydrogen-bond donors (Lipinski definition) is 2. The molecule has 1 fully saturated rings. The van der Waals surface area contributed by atoms with Gasteiger partial charge in [-0.3, -0.25) is 14.4 Å². The Kier molecular flexibility index (Phi) is 2.73. The second-order valence-electron chi connectivity index (χ2n) is 3.36. The van der Waals surface area contributed by atoms with Crippen molar-refractivity contribution < 1.29 is 19.5 Å². The molecule has 0 aromatic heterocycles. The highest BCUT2D eigenvalue weighted by Gasteiger charge is 2.37. The zero-order chi connectivity index (χ0) is 10.9. The van der Waals surface area contributed by atoms with Crippen molar-refractivity contribution in [2.24, 2.45) is 11.7 Å². The summed E-state index contributed by atoms with van der Waals surface area (Å²) < 4.78 is 0. The molecule has 1 rings (SSSR count). The van der Waals surface area contributed by atoms with Crippen molar-refractivity contribution >= 4 is 17.8 Å². The number of carboxylic acid groups (broad SMARTS) is 1. The largest absolute Gasteiger partial charge is 0.481 e. The smallest absolute Gasteiger partial charge is 0.308 e. The lowest BCUT2D eigenvalue weighted by molar-refractivity contribution is -0.141. The normalized spacial score (nSPS) is 23.6. The highest BCUT2D eigenvalue weighted by Crippen LogP contribution is 2.19. The van der Waals surface area contributed by atoms with Gasteiger partial charge in [-0.15, -0.1) is 0 Å². The summed E-state index contributed by atoms with van der Waals surface area (Å²) in [5, 5.41) is 8.67. The number of carbonyl (C=O) groups is 3. The number of rotatable bonds is 3. The van der Waals surface area contributed by atoms with E-state index < -0.39 is 23.8 Å². The predicted molar refractivity (Wildman–Crippen MR) is 46.1 cm³/mol. The fraction of sp³-hybridized carbons (Fsp3) is 0.625. The molecule has 0 aliphatic carbocycles. The first kappa shape index (κ1) is 10.5. The van der Waals surface area contributed by atoms with Gasteiger partial charge in [-0.2, -0.15) is 0 Å². The van der Waals surface area contributed by atoms with Gasteiger partial charge >= 0.3 is 5.97 Å². The van der Waals surface area contributed by atoms with Crippen LogP contribution in [0.25, 0.3) is 0 Å². The lowest BCUT2D eigenvalue weighted by atomic mass is 10.1. The molecular weight excluding hydrogens is 188 g/mol. The summed E-state index contributed by atoms with van der Waals surface area (Å²) >= 11 is 0. The monoisotopic (exact) mass is 200 g/mol. The summed E-state index contributed by atoms with van der Waals surface area (Å²) in [4.78, 5) is 33.9. The fourth-order valence-electron chi connectivity index (χ4n) is 1.42. The van der Waals surface area contributed by atoms with E-state index >= 15 is 0 Å². The summed E-state index contributed by atoms with van der Waals surface area (Å²) in [6.07, 6.45) is -0.0487. The van der Waals surface area contributed by atoms with Crippen LogP contribution in [0.4, 0.5) is 0 Å². The van der Waals surface area contributed by atoms with Crippen LogP contribution in [0, 0.1) is 5.92 Å². The summed E-state index contributed by atoms with van der Waals surface area (Å²) in [6.45, 7) is 1.56. The third-order valence-corrected chi connectivity index (χ3v) is 2.39. The van der Waals surface area contributed by atoms with Crippen LogP contribution >= 0.6 is 0 Å². The third-order valence-electron chi connectivity index (χ3n) is 2.39. The molecule has 1 saturated heterocycles. The number of carboxylic acids is 1. The quantitative estimate of drug-likeness (QED) is 0.597. The Labute approximate surface area is 80.7 Å². The van der Waals surface area contributed by atoms with Crippen LogP contribution in [0.3, 0.4) is 0 Å². The molecule has 3 N–H and O–H groups in total. The Morgan fingerprint density at radius 2 is 2.21 bits per heavy atom. The van der Waals surface area contributed by atoms with Crippen LogP contribution in [0.5, 0.6) is 0 Å². The second-order valence-corrected chi connectivity index (χ2v) is 3.36. The summed E-state index contributed by atoms with van der Waals surface area (Å²) in [7, 11) is 0. The van der Waals surface area contributed by atoms with Gasteiger partial charge in [-0.1, -0.05) is 0 Å². The molecule has 14 heavy (non-hydrogen) atoms. The number of carbonyl (C=O) groups excluding carboxylic acids is 2. The van der Waals surface area contributed by atoms with Gasteiger partial charge in [0.15, 0.2) is 0 Å². The zero-order valence-electron chi connectivity index (χ0n) is 7.77. The average Bonchev–Trinajstić information content (AvgIpc) is 2.46. The van der Waals surface area contributed by atoms with E-state index in [4.69, 9.17) is 10.8 Å². The number of hydrogen-bond acceptors (Lipinski definition) is 3. The van der Waals surface area contributed by atoms with E-state index in [9.17, 15) is 14.4 Å². The molecule has 2 amide bonds. The van der Waals surface area contributed by atoms with E-state index in [1.807, 2.05) is 0 Å². The minimum Gasteiger partial charge on any atom is -0.481 e. The molecule has 6 nitrogen and oxygen atoms in total. The van der Waals surface area contributed by atoms with E-state index in [1.165, 1.54) is 11.8 Å². The highest BCUT2D eigenvalue weighted by atomic mass is 16.4. The molecule has 0 saturated carbocycles. The van der Waals surface area contributed by atoms with Crippen molar-refractivity contribution in [3.63, 3.8) is 0 Å². The Morgan fingerprint density at radius 1 is 1.64 bits per heavy atom. The van der Waals surface area contributed by atoms with E-state index in [0.717, 1.165) is 0 Å². The maximum Gasteiger partial charge on any atom is 0.308 e. The van der Waals surface area contributed by atoms with Crippen LogP contribution in [0.2, 0.25) is 0 Å². The third kappa shape index (κ3) is 1.84. The van der Waals surface area contributed by atoms with Gasteiger partial charge in [-0.05, 0) is 6.92 Å². The first-order chi connectivity index (χ1) is 6.43. The second kappa shape index (κ2) is 3.65. The Balaban J connectivity index is 2.70. The minimum absolute atomic E-state index is 0.0487. The van der Waals surface area contributed by atoms with E-state index in [2.05, 4.69) is 0 Å². The molecule has 1 aliphatic heterocycles. The van der Waals surface area contributed by atoms with Gasteiger partial charge in [0, 0.05) is 13.0 Å². The van der Waals surface area contributed by atoms with Gasteiger partial charge in [0.05, 0.1) is 5.92 Å². The predicted octanol–water partition coefficient (Wildman–Crippen LogP) is -1.21. The SMILES string of the molecule is CC(C(N)=O)N1CC(C(=O)O)CC1=O. The summed E-state index contributed by atoms with van der Waals surface area (Å²) in [5.41, 5.74) is 5.02. The van der Waals surface area contributed by atoms with Crippen molar-refractivity contribution in [1.29, 1.82) is 0 Å². The number of amides is 2. The highest BCUT2D eigenvalue weighted by molar-refractivity contribution is 5.90. The lowest BCUT2D eigenvalue weighted by Gasteiger charge is -2.21. The lowest BCUT2D eigenvalue weighted by Crippen LogP contribution is -2.43. The van der Waals surface area contributed by atoms with Gasteiger partial charge in [0.25, 0.3) is 0 Å². The van der Waals surface area contributed by atoms with Crippen molar-refractivity contribution in [1.82, 2.24) is 4.90 Å². The molecular formula is C8H12N2O4. The van der Waals surface area contributed by atoms with Crippen LogP contribution in [0.1, 0.15) is 13.3 Å². The maximum absolute atomic E-state index is 11.3. The Morgan fingerprint density at radius 3 is 2.57 bits per heavy atom. The van der Waals surface area contributed by atoms with Crippen molar-refractivity contribution in [2.75, 3.05) is 6.54 Å². The topological polar surface area (TPSA) is 101 Å². The first-order valence-electron chi connectivity index (χ1n) is 4.25. The van der Waals surface area contributed by atoms with Gasteiger partial charge in [0.1, 0.15) is 6.04 Å². The summed E-state index contributed by atoms with van der Waals surface area (Å²) in [6, 6.07) is -0.730. The minimum atomic E-state index is -1.02. The number of aliphatic carboxylic acids is 1. The molecule has 2 atom stereocenters. The molecule has 2 unspecified atom stereocenters. The van der Waals surface area contributed by atoms with Crippen LogP contribution in [-0.2, 0) is 14.4 Å². The molecule has 0 radical (unpaired) electrons. The van der Waals surface area contributed by atoms with Crippen molar-refractivity contribution in [3.05, 3.63) is 0 Å². The molecule has 78 valence electrons. The van der Waals surface area contributed by atoms with Crippen molar-refractivity contribution in [3.8, 4) is 0 Å². The molecule has 1 heterocycles. The molecule has 0 aromatic carbocycles. The molecule has 6 heteroatoms. The average molecular weight is 200 g/mol. The Bertz CT molecular complexity index is 289. The molecule has 1 aliphatic rings. The van der Waals surface area contributed by atoms with Crippen LogP contribution in [0.15, 0.2) is 0 Å². The number of nitrogens with zero attached hydrogens (tertiary/aromatic N) is 1. The van der Waals surface area contributed by atoms with Gasteiger partial charge < -0.3 is 15.7 Å². The van der Waals surface area contributed by atoms with Gasteiger partial charge in [-0.25, -0.2) is 0 Å². The first-order valence-corrected chi connectivity index (χ1v) is 4.25. The van der Waals surface area contributed by atoms with Crippen LogP contribution in [-0.4, -0.2) is 40.4 Å². The number of primary amides is 1. The molecule has 0 bridgehead atoms. The van der Waals surface area contributed by atoms with E-state index in [0.29, 0.717) is 0 Å². The summed E-state index contributed by atoms with van der Waals surface area (Å²) in [5.74, 6) is -2.69. The van der Waals surface area contributed by atoms with E-state index in [-0.39, 0.29) is 18.9 Å². The zero-order valence-corrected chi connectivity index (χ0v) is 7.77. The van der Waals surface area contributed by atoms with E-state index in [1.54, 1.807) is 0 Å². The number of nitrogens with two attached hydrogens (primary N) is 1. The number of likely N-dealkylation sites (tertiary alicyclic amines) is 1. The molecule has 0 spiro atoms. The standard InChI is InChI=1S/C8H12N2O4/c1-4(7(9)12)10-3-5(8(13)14)2-6(10)11/h4-5H,2-3H2,1H3,(H2,9,12)(H,13,14).